The molecule has 1 aliphatic rings. The fourth-order valence-corrected chi connectivity index (χ4v) is 5.09. The monoisotopic (exact) mass is 570 g/mol. The van der Waals surface area contributed by atoms with Gasteiger partial charge in [-0.05, 0) is 22.3 Å². The SMILES string of the molecule is O=C1O[C@@](S)(COCc2ccccc2)[C@@H](OCc2ccccc2)[C@H](OCc2ccccc2)[C@H]1OCc1ccccc1. The molecule has 0 aliphatic carbocycles. The van der Waals surface area contributed by atoms with Crippen LogP contribution in [0.5, 0.6) is 0 Å². The maximum atomic E-state index is 13.5. The number of esters is 1. The fraction of sp³-hybridized carbons (Fsp3) is 0.265. The van der Waals surface area contributed by atoms with Gasteiger partial charge in [0.05, 0.1) is 33.0 Å². The van der Waals surface area contributed by atoms with E-state index in [0.717, 1.165) is 22.3 Å². The van der Waals surface area contributed by atoms with Crippen LogP contribution in [0.15, 0.2) is 121 Å². The first-order chi connectivity index (χ1) is 20.1. The Labute approximate surface area is 246 Å². The van der Waals surface area contributed by atoms with Crippen molar-refractivity contribution in [3.63, 3.8) is 0 Å². The van der Waals surface area contributed by atoms with Crippen LogP contribution >= 0.6 is 12.6 Å². The number of thiol groups is 1. The van der Waals surface area contributed by atoms with Crippen LogP contribution in [-0.4, -0.2) is 35.8 Å². The first-order valence-electron chi connectivity index (χ1n) is 13.6. The van der Waals surface area contributed by atoms with Crippen LogP contribution in [0.4, 0.5) is 0 Å². The second-order valence-corrected chi connectivity index (χ2v) is 10.7. The van der Waals surface area contributed by atoms with Crippen LogP contribution in [0, 0.1) is 0 Å². The molecule has 0 radical (unpaired) electrons. The van der Waals surface area contributed by atoms with Crippen LogP contribution in [0.25, 0.3) is 0 Å². The van der Waals surface area contributed by atoms with E-state index in [9.17, 15) is 4.79 Å². The average molecular weight is 571 g/mol. The molecule has 0 amide bonds. The molecule has 7 heteroatoms. The Kier molecular flexibility index (Phi) is 10.2. The third-order valence-electron chi connectivity index (χ3n) is 6.80. The topological polar surface area (TPSA) is 63.2 Å². The largest absolute Gasteiger partial charge is 0.441 e. The van der Waals surface area contributed by atoms with Crippen molar-refractivity contribution in [3.8, 4) is 0 Å². The van der Waals surface area contributed by atoms with Crippen molar-refractivity contribution in [2.75, 3.05) is 6.61 Å². The number of ether oxygens (including phenoxy) is 5. The molecule has 0 spiro atoms. The van der Waals surface area contributed by atoms with E-state index < -0.39 is 29.2 Å². The highest BCUT2D eigenvalue weighted by molar-refractivity contribution is 7.81. The van der Waals surface area contributed by atoms with Gasteiger partial charge in [0.15, 0.2) is 6.10 Å². The third kappa shape index (κ3) is 8.06. The molecule has 1 saturated heterocycles. The quantitative estimate of drug-likeness (QED) is 0.154. The van der Waals surface area contributed by atoms with Gasteiger partial charge in [0.2, 0.25) is 4.93 Å². The second-order valence-electron chi connectivity index (χ2n) is 9.94. The number of hydrogen-bond donors (Lipinski definition) is 1. The van der Waals surface area contributed by atoms with Crippen LogP contribution in [0.3, 0.4) is 0 Å². The first kappa shape index (κ1) is 29.0. The normalized spacial score (nSPS) is 22.3. The lowest BCUT2D eigenvalue weighted by Gasteiger charge is -2.46. The number of hydrogen-bond acceptors (Lipinski definition) is 7. The number of carbonyl (C=O) groups is 1. The molecule has 0 aromatic heterocycles. The van der Waals surface area contributed by atoms with Crippen LogP contribution in [0.1, 0.15) is 22.3 Å². The van der Waals surface area contributed by atoms with E-state index in [4.69, 9.17) is 36.3 Å². The van der Waals surface area contributed by atoms with E-state index >= 15 is 0 Å². The zero-order valence-electron chi connectivity index (χ0n) is 22.7. The lowest BCUT2D eigenvalue weighted by atomic mass is 9.97. The highest BCUT2D eigenvalue weighted by Gasteiger charge is 2.56. The van der Waals surface area contributed by atoms with Crippen molar-refractivity contribution in [2.45, 2.75) is 49.7 Å². The molecule has 1 fully saturated rings. The Balaban J connectivity index is 1.40. The zero-order chi connectivity index (χ0) is 28.3. The molecule has 0 unspecified atom stereocenters. The maximum Gasteiger partial charge on any atom is 0.339 e. The van der Waals surface area contributed by atoms with Crippen molar-refractivity contribution < 1.29 is 28.5 Å². The molecule has 0 bridgehead atoms. The number of cyclic esters (lactones) is 1. The van der Waals surface area contributed by atoms with Gasteiger partial charge in [0, 0.05) is 0 Å². The number of rotatable bonds is 13. The summed E-state index contributed by atoms with van der Waals surface area (Å²) >= 11 is 4.89. The fourth-order valence-electron chi connectivity index (χ4n) is 4.69. The zero-order valence-corrected chi connectivity index (χ0v) is 23.6. The summed E-state index contributed by atoms with van der Waals surface area (Å²) < 4.78 is 31.1. The van der Waals surface area contributed by atoms with Crippen LogP contribution < -0.4 is 0 Å². The molecule has 6 nitrogen and oxygen atoms in total. The summed E-state index contributed by atoms with van der Waals surface area (Å²) in [5, 5.41) is 0. The van der Waals surface area contributed by atoms with Crippen molar-refractivity contribution >= 4 is 18.6 Å². The first-order valence-corrected chi connectivity index (χ1v) is 14.1. The Morgan fingerprint density at radius 3 is 1.49 bits per heavy atom. The maximum absolute atomic E-state index is 13.5. The van der Waals surface area contributed by atoms with E-state index in [1.807, 2.05) is 121 Å². The molecule has 212 valence electrons. The molecular formula is C34H34O6S. The molecule has 5 rings (SSSR count). The smallest absolute Gasteiger partial charge is 0.339 e. The molecule has 4 atom stereocenters. The minimum atomic E-state index is -1.42. The van der Waals surface area contributed by atoms with Gasteiger partial charge in [-0.25, -0.2) is 4.79 Å². The standard InChI is InChI=1S/C34H34O6S/c35-33-31(38-23-28-17-9-3-10-18-28)30(37-22-27-15-7-2-8-16-27)32(39-24-29-19-11-4-12-20-29)34(41,40-33)25-36-21-26-13-5-1-6-14-26/h1-20,30-32,41H,21-25H2/t30-,31-,32+,34-/m1/s1. The molecule has 4 aromatic rings. The predicted octanol–water partition coefficient (Wildman–Crippen LogP) is 6.14. The van der Waals surface area contributed by atoms with Crippen molar-refractivity contribution in [2.24, 2.45) is 0 Å². The van der Waals surface area contributed by atoms with E-state index in [0.29, 0.717) is 6.61 Å². The summed E-state index contributed by atoms with van der Waals surface area (Å²) in [6.07, 6.45) is -2.65. The minimum Gasteiger partial charge on any atom is -0.441 e. The lowest BCUT2D eigenvalue weighted by molar-refractivity contribution is -0.247. The molecule has 0 saturated carbocycles. The third-order valence-corrected chi connectivity index (χ3v) is 7.28. The molecule has 4 aromatic carbocycles. The lowest BCUT2D eigenvalue weighted by Crippen LogP contribution is -2.64. The van der Waals surface area contributed by atoms with Gasteiger partial charge in [-0.15, -0.1) is 12.6 Å². The summed E-state index contributed by atoms with van der Waals surface area (Å²) in [4.78, 5) is 12.1. The highest BCUT2D eigenvalue weighted by atomic mass is 32.1. The van der Waals surface area contributed by atoms with Crippen molar-refractivity contribution in [1.82, 2.24) is 0 Å². The van der Waals surface area contributed by atoms with Gasteiger partial charge in [-0.2, -0.15) is 0 Å². The van der Waals surface area contributed by atoms with Gasteiger partial charge < -0.3 is 23.7 Å². The molecule has 0 N–H and O–H groups in total. The average Bonchev–Trinajstić information content (AvgIpc) is 3.01. The predicted molar refractivity (Wildman–Crippen MR) is 159 cm³/mol. The van der Waals surface area contributed by atoms with E-state index in [-0.39, 0.29) is 26.4 Å². The highest BCUT2D eigenvalue weighted by Crippen LogP contribution is 2.37. The van der Waals surface area contributed by atoms with Crippen LogP contribution in [-0.2, 0) is 54.9 Å². The second kappa shape index (κ2) is 14.4. The molecular weight excluding hydrogens is 536 g/mol. The van der Waals surface area contributed by atoms with Gasteiger partial charge >= 0.3 is 5.97 Å². The Hall–Kier alpha value is -3.46. The van der Waals surface area contributed by atoms with Gasteiger partial charge in [0.25, 0.3) is 0 Å². The summed E-state index contributed by atoms with van der Waals surface area (Å²) in [5.74, 6) is -0.572. The Morgan fingerprint density at radius 1 is 0.585 bits per heavy atom. The van der Waals surface area contributed by atoms with Gasteiger partial charge in [0.1, 0.15) is 12.2 Å². The Bertz CT molecular complexity index is 1340. The van der Waals surface area contributed by atoms with Crippen LogP contribution in [0.2, 0.25) is 0 Å². The van der Waals surface area contributed by atoms with Crippen molar-refractivity contribution in [1.29, 1.82) is 0 Å². The minimum absolute atomic E-state index is 0.00714. The van der Waals surface area contributed by atoms with E-state index in [1.165, 1.54) is 0 Å². The molecule has 1 aliphatic heterocycles. The summed E-state index contributed by atoms with van der Waals surface area (Å²) in [5.41, 5.74) is 3.85. The van der Waals surface area contributed by atoms with E-state index in [2.05, 4.69) is 0 Å². The Morgan fingerprint density at radius 2 is 1.00 bits per heavy atom. The van der Waals surface area contributed by atoms with E-state index in [1.54, 1.807) is 0 Å². The summed E-state index contributed by atoms with van der Waals surface area (Å²) in [6.45, 7) is 1.05. The number of carbonyl (C=O) groups excluding carboxylic acids is 1. The van der Waals surface area contributed by atoms with Gasteiger partial charge in [-0.3, -0.25) is 0 Å². The summed E-state index contributed by atoms with van der Waals surface area (Å²) in [7, 11) is 0. The van der Waals surface area contributed by atoms with Crippen molar-refractivity contribution in [3.05, 3.63) is 144 Å². The summed E-state index contributed by atoms with van der Waals surface area (Å²) in [6, 6.07) is 39.0. The number of benzene rings is 4. The molecule has 41 heavy (non-hydrogen) atoms. The van der Waals surface area contributed by atoms with Gasteiger partial charge in [-0.1, -0.05) is 121 Å². The molecule has 1 heterocycles.